The Labute approximate surface area is 91.3 Å². The first-order valence-corrected chi connectivity index (χ1v) is 4.91. The van der Waals surface area contributed by atoms with Crippen LogP contribution in [0.2, 0.25) is 0 Å². The number of rotatable bonds is 2. The Balaban J connectivity index is 2.56. The summed E-state index contributed by atoms with van der Waals surface area (Å²) < 4.78 is 26.8. The lowest BCUT2D eigenvalue weighted by atomic mass is 10.1. The van der Waals surface area contributed by atoms with Crippen molar-refractivity contribution < 1.29 is 8.78 Å². The monoisotopic (exact) mass is 223 g/mol. The normalized spacial score (nSPS) is 10.7. The molecule has 3 N–H and O–H groups in total. The lowest BCUT2D eigenvalue weighted by Crippen LogP contribution is -1.93. The van der Waals surface area contributed by atoms with E-state index in [1.165, 1.54) is 12.1 Å². The molecule has 0 unspecified atom stereocenters. The molecule has 1 aromatic heterocycles. The van der Waals surface area contributed by atoms with Crippen molar-refractivity contribution in [2.75, 3.05) is 5.73 Å². The zero-order valence-electron chi connectivity index (χ0n) is 8.72. The number of hydrogen-bond donors (Lipinski definition) is 2. The molecule has 1 heterocycles. The van der Waals surface area contributed by atoms with Crippen molar-refractivity contribution in [3.8, 4) is 11.3 Å². The standard InChI is InChI=1S/C11H11F2N3/c1-2-6-3-7(9(13)4-8(6)12)10-5-11(14)16-15-10/h3-5H,2H2,1H3,(H3,14,15,16). The molecule has 0 aliphatic rings. The van der Waals surface area contributed by atoms with Gasteiger partial charge in [0.2, 0.25) is 0 Å². The van der Waals surface area contributed by atoms with E-state index in [-0.39, 0.29) is 11.4 Å². The number of aromatic amines is 1. The lowest BCUT2D eigenvalue weighted by Gasteiger charge is -2.04. The molecule has 0 aliphatic heterocycles. The Hall–Kier alpha value is -1.91. The minimum atomic E-state index is -0.627. The number of halogens is 2. The van der Waals surface area contributed by atoms with Gasteiger partial charge in [-0.3, -0.25) is 5.10 Å². The van der Waals surface area contributed by atoms with Crippen LogP contribution in [-0.4, -0.2) is 10.2 Å². The highest BCUT2D eigenvalue weighted by molar-refractivity contribution is 5.63. The van der Waals surface area contributed by atoms with E-state index in [0.29, 0.717) is 17.7 Å². The van der Waals surface area contributed by atoms with Crippen LogP contribution in [0, 0.1) is 11.6 Å². The molecule has 0 amide bonds. The summed E-state index contributed by atoms with van der Waals surface area (Å²) in [6, 6.07) is 3.86. The summed E-state index contributed by atoms with van der Waals surface area (Å²) in [5.41, 5.74) is 6.62. The van der Waals surface area contributed by atoms with Crippen LogP contribution in [0.4, 0.5) is 14.6 Å². The molecular weight excluding hydrogens is 212 g/mol. The van der Waals surface area contributed by atoms with Crippen LogP contribution < -0.4 is 5.73 Å². The van der Waals surface area contributed by atoms with Crippen LogP contribution in [-0.2, 0) is 6.42 Å². The van der Waals surface area contributed by atoms with Crippen LogP contribution in [0.3, 0.4) is 0 Å². The predicted molar refractivity (Wildman–Crippen MR) is 57.7 cm³/mol. The van der Waals surface area contributed by atoms with Gasteiger partial charge in [0.05, 0.1) is 5.69 Å². The highest BCUT2D eigenvalue weighted by Crippen LogP contribution is 2.25. The van der Waals surface area contributed by atoms with Gasteiger partial charge >= 0.3 is 0 Å². The number of nitrogens with zero attached hydrogens (tertiary/aromatic N) is 1. The van der Waals surface area contributed by atoms with Gasteiger partial charge in [-0.05, 0) is 18.1 Å². The summed E-state index contributed by atoms with van der Waals surface area (Å²) in [6.07, 6.45) is 0.503. The molecule has 0 spiro atoms. The van der Waals surface area contributed by atoms with Crippen molar-refractivity contribution in [3.63, 3.8) is 0 Å². The summed E-state index contributed by atoms with van der Waals surface area (Å²) in [7, 11) is 0. The van der Waals surface area contributed by atoms with Crippen LogP contribution >= 0.6 is 0 Å². The average molecular weight is 223 g/mol. The van der Waals surface area contributed by atoms with Gasteiger partial charge in [0.1, 0.15) is 17.5 Å². The van der Waals surface area contributed by atoms with Crippen molar-refractivity contribution in [1.29, 1.82) is 0 Å². The summed E-state index contributed by atoms with van der Waals surface area (Å²) in [6.45, 7) is 1.81. The molecule has 0 saturated carbocycles. The van der Waals surface area contributed by atoms with E-state index in [4.69, 9.17) is 5.73 Å². The molecule has 2 rings (SSSR count). The number of benzene rings is 1. The van der Waals surface area contributed by atoms with Gasteiger partial charge in [0, 0.05) is 17.7 Å². The van der Waals surface area contributed by atoms with E-state index in [1.807, 2.05) is 0 Å². The van der Waals surface area contributed by atoms with E-state index in [2.05, 4.69) is 10.2 Å². The third kappa shape index (κ3) is 1.76. The molecule has 0 saturated heterocycles. The van der Waals surface area contributed by atoms with Crippen LogP contribution in [0.15, 0.2) is 18.2 Å². The first kappa shape index (κ1) is 10.6. The fourth-order valence-electron chi connectivity index (χ4n) is 1.55. The maximum atomic E-state index is 13.5. The van der Waals surface area contributed by atoms with Crippen LogP contribution in [0.25, 0.3) is 11.3 Å². The van der Waals surface area contributed by atoms with Crippen LogP contribution in [0.1, 0.15) is 12.5 Å². The predicted octanol–water partition coefficient (Wildman–Crippen LogP) is 2.50. The molecule has 0 atom stereocenters. The Kier molecular flexibility index (Phi) is 2.60. The number of anilines is 1. The number of hydrogen-bond acceptors (Lipinski definition) is 2. The SMILES string of the molecule is CCc1cc(-c2cc(N)n[nH]2)c(F)cc1F. The van der Waals surface area contributed by atoms with Gasteiger partial charge in [0.15, 0.2) is 0 Å². The highest BCUT2D eigenvalue weighted by atomic mass is 19.1. The van der Waals surface area contributed by atoms with Gasteiger partial charge < -0.3 is 5.73 Å². The van der Waals surface area contributed by atoms with Gasteiger partial charge in [-0.25, -0.2) is 8.78 Å². The van der Waals surface area contributed by atoms with Crippen molar-refractivity contribution in [1.82, 2.24) is 10.2 Å². The second-order valence-corrected chi connectivity index (χ2v) is 3.48. The summed E-state index contributed by atoms with van der Waals surface area (Å²) in [5.74, 6) is -0.883. The Morgan fingerprint density at radius 3 is 2.56 bits per heavy atom. The van der Waals surface area contributed by atoms with Gasteiger partial charge in [-0.1, -0.05) is 6.92 Å². The maximum Gasteiger partial charge on any atom is 0.145 e. The van der Waals surface area contributed by atoms with E-state index in [0.717, 1.165) is 6.07 Å². The second kappa shape index (κ2) is 3.92. The van der Waals surface area contributed by atoms with Crippen LogP contribution in [0.5, 0.6) is 0 Å². The number of nitrogen functional groups attached to an aromatic ring is 1. The van der Waals surface area contributed by atoms with Crippen molar-refractivity contribution in [2.24, 2.45) is 0 Å². The second-order valence-electron chi connectivity index (χ2n) is 3.48. The third-order valence-corrected chi connectivity index (χ3v) is 2.40. The fourth-order valence-corrected chi connectivity index (χ4v) is 1.55. The molecule has 5 heteroatoms. The lowest BCUT2D eigenvalue weighted by molar-refractivity contribution is 0.575. The molecular formula is C11H11F2N3. The molecule has 2 aromatic rings. The molecule has 0 bridgehead atoms. The Bertz CT molecular complexity index is 520. The first-order valence-electron chi connectivity index (χ1n) is 4.91. The summed E-state index contributed by atoms with van der Waals surface area (Å²) in [5, 5.41) is 6.30. The molecule has 3 nitrogen and oxygen atoms in total. The maximum absolute atomic E-state index is 13.5. The van der Waals surface area contributed by atoms with Gasteiger partial charge in [-0.15, -0.1) is 0 Å². The smallest absolute Gasteiger partial charge is 0.145 e. The Morgan fingerprint density at radius 2 is 2.00 bits per heavy atom. The number of aryl methyl sites for hydroxylation is 1. The molecule has 0 radical (unpaired) electrons. The van der Waals surface area contributed by atoms with Gasteiger partial charge in [-0.2, -0.15) is 5.10 Å². The molecule has 84 valence electrons. The summed E-state index contributed by atoms with van der Waals surface area (Å²) in [4.78, 5) is 0. The van der Waals surface area contributed by atoms with E-state index < -0.39 is 11.6 Å². The quantitative estimate of drug-likeness (QED) is 0.821. The summed E-state index contributed by atoms with van der Waals surface area (Å²) >= 11 is 0. The Morgan fingerprint density at radius 1 is 1.25 bits per heavy atom. The molecule has 1 aromatic carbocycles. The van der Waals surface area contributed by atoms with E-state index in [9.17, 15) is 8.78 Å². The topological polar surface area (TPSA) is 54.7 Å². The zero-order valence-corrected chi connectivity index (χ0v) is 8.72. The molecule has 16 heavy (non-hydrogen) atoms. The average Bonchev–Trinajstić information content (AvgIpc) is 2.65. The van der Waals surface area contributed by atoms with Crippen molar-refractivity contribution >= 4 is 5.82 Å². The minimum absolute atomic E-state index is 0.275. The number of H-pyrrole nitrogens is 1. The zero-order chi connectivity index (χ0) is 11.7. The van der Waals surface area contributed by atoms with E-state index >= 15 is 0 Å². The van der Waals surface area contributed by atoms with Gasteiger partial charge in [0.25, 0.3) is 0 Å². The molecule has 0 fully saturated rings. The fraction of sp³-hybridized carbons (Fsp3) is 0.182. The highest BCUT2D eigenvalue weighted by Gasteiger charge is 2.12. The van der Waals surface area contributed by atoms with Crippen molar-refractivity contribution in [2.45, 2.75) is 13.3 Å². The minimum Gasteiger partial charge on any atom is -0.382 e. The largest absolute Gasteiger partial charge is 0.382 e. The number of aromatic nitrogens is 2. The number of nitrogens with two attached hydrogens (primary N) is 1. The first-order chi connectivity index (χ1) is 7.61. The third-order valence-electron chi connectivity index (χ3n) is 2.40. The van der Waals surface area contributed by atoms with Crippen molar-refractivity contribution in [3.05, 3.63) is 35.4 Å². The number of nitrogens with one attached hydrogen (secondary N) is 1. The molecule has 0 aliphatic carbocycles. The van der Waals surface area contributed by atoms with E-state index in [1.54, 1.807) is 6.92 Å².